The molecule has 8 heteroatoms. The highest BCUT2D eigenvalue weighted by atomic mass is 31.2. The van der Waals surface area contributed by atoms with Crippen LogP contribution in [0.3, 0.4) is 0 Å². The van der Waals surface area contributed by atoms with Crippen molar-refractivity contribution in [2.75, 3.05) is 13.3 Å². The van der Waals surface area contributed by atoms with E-state index in [1.165, 1.54) is 7.11 Å². The number of hydrogen-bond acceptors (Lipinski definition) is 7. The summed E-state index contributed by atoms with van der Waals surface area (Å²) >= 11 is 0. The molecule has 0 saturated carbocycles. The quantitative estimate of drug-likeness (QED) is 0.453. The molecule has 0 amide bonds. The van der Waals surface area contributed by atoms with Crippen molar-refractivity contribution in [3.63, 3.8) is 0 Å². The van der Waals surface area contributed by atoms with E-state index in [-0.39, 0.29) is 25.8 Å². The van der Waals surface area contributed by atoms with Crippen molar-refractivity contribution in [3.8, 4) is 0 Å². The fourth-order valence-electron chi connectivity index (χ4n) is 2.97. The summed E-state index contributed by atoms with van der Waals surface area (Å²) < 4.78 is 34.5. The van der Waals surface area contributed by atoms with Crippen LogP contribution in [0.25, 0.3) is 0 Å². The summed E-state index contributed by atoms with van der Waals surface area (Å²) in [6.45, 7) is 0.157. The average Bonchev–Trinajstić information content (AvgIpc) is 3.12. The Balaban J connectivity index is 1.70. The molecule has 2 atom stereocenters. The van der Waals surface area contributed by atoms with Crippen LogP contribution in [0.4, 0.5) is 0 Å². The van der Waals surface area contributed by atoms with Gasteiger partial charge < -0.3 is 18.5 Å². The van der Waals surface area contributed by atoms with Crippen molar-refractivity contribution < 1.29 is 32.7 Å². The molecule has 0 bridgehead atoms. The summed E-state index contributed by atoms with van der Waals surface area (Å²) in [5, 5.41) is 0. The van der Waals surface area contributed by atoms with Crippen molar-refractivity contribution in [2.24, 2.45) is 5.92 Å². The summed E-state index contributed by atoms with van der Waals surface area (Å²) in [5.74, 6) is -2.00. The number of carbonyl (C=O) groups is 2. The molecular formula is C21H23O7P. The fraction of sp³-hybridized carbons (Fsp3) is 0.333. The molecule has 154 valence electrons. The van der Waals surface area contributed by atoms with Gasteiger partial charge in [-0.3, -0.25) is 9.36 Å². The van der Waals surface area contributed by atoms with Crippen LogP contribution in [-0.2, 0) is 45.9 Å². The van der Waals surface area contributed by atoms with Crippen LogP contribution in [0.2, 0.25) is 0 Å². The van der Waals surface area contributed by atoms with E-state index in [0.29, 0.717) is 0 Å². The van der Waals surface area contributed by atoms with Crippen LogP contribution >= 0.6 is 7.60 Å². The highest BCUT2D eigenvalue weighted by Crippen LogP contribution is 2.52. The zero-order chi connectivity index (χ0) is 20.7. The molecule has 29 heavy (non-hydrogen) atoms. The van der Waals surface area contributed by atoms with Gasteiger partial charge in [0.15, 0.2) is 6.10 Å². The van der Waals surface area contributed by atoms with Gasteiger partial charge in [0, 0.05) is 6.42 Å². The van der Waals surface area contributed by atoms with Crippen molar-refractivity contribution in [2.45, 2.75) is 25.7 Å². The molecule has 0 unspecified atom stereocenters. The predicted molar refractivity (Wildman–Crippen MR) is 105 cm³/mol. The Bertz CT molecular complexity index is 822. The van der Waals surface area contributed by atoms with E-state index in [1.807, 2.05) is 60.7 Å². The van der Waals surface area contributed by atoms with Gasteiger partial charge in [-0.15, -0.1) is 0 Å². The molecule has 2 aromatic rings. The Morgan fingerprint density at radius 1 is 1.00 bits per heavy atom. The van der Waals surface area contributed by atoms with E-state index >= 15 is 0 Å². The predicted octanol–water partition coefficient (Wildman–Crippen LogP) is 3.72. The van der Waals surface area contributed by atoms with E-state index in [1.54, 1.807) is 0 Å². The lowest BCUT2D eigenvalue weighted by atomic mass is 10.1. The fourth-order valence-corrected chi connectivity index (χ4v) is 4.79. The van der Waals surface area contributed by atoms with Gasteiger partial charge in [0.1, 0.15) is 0 Å². The number of carbonyl (C=O) groups excluding carboxylic acids is 2. The van der Waals surface area contributed by atoms with Gasteiger partial charge in [0.25, 0.3) is 0 Å². The van der Waals surface area contributed by atoms with Crippen LogP contribution in [0.1, 0.15) is 17.5 Å². The average molecular weight is 418 g/mol. The van der Waals surface area contributed by atoms with Crippen molar-refractivity contribution in [1.82, 2.24) is 0 Å². The normalized spacial score (nSPS) is 19.0. The molecule has 0 radical (unpaired) electrons. The highest BCUT2D eigenvalue weighted by Gasteiger charge is 2.44. The highest BCUT2D eigenvalue weighted by molar-refractivity contribution is 7.53. The number of cyclic esters (lactones) is 1. The number of rotatable bonds is 9. The smallest absolute Gasteiger partial charge is 0.347 e. The Morgan fingerprint density at radius 2 is 1.52 bits per heavy atom. The van der Waals surface area contributed by atoms with Crippen LogP contribution < -0.4 is 0 Å². The summed E-state index contributed by atoms with van der Waals surface area (Å²) in [6, 6.07) is 18.5. The third kappa shape index (κ3) is 6.00. The molecule has 2 aromatic carbocycles. The van der Waals surface area contributed by atoms with Crippen molar-refractivity contribution >= 4 is 19.5 Å². The maximum absolute atomic E-state index is 13.4. The van der Waals surface area contributed by atoms with Gasteiger partial charge in [-0.2, -0.15) is 0 Å². The second kappa shape index (κ2) is 9.83. The number of methoxy groups -OCH3 is 1. The molecule has 1 saturated heterocycles. The molecule has 3 rings (SSSR count). The Hall–Kier alpha value is -2.47. The van der Waals surface area contributed by atoms with Crippen molar-refractivity contribution in [3.05, 3.63) is 71.8 Å². The minimum Gasteiger partial charge on any atom is -0.466 e. The lowest BCUT2D eigenvalue weighted by molar-refractivity contribution is -0.159. The lowest BCUT2D eigenvalue weighted by Gasteiger charge is -2.20. The monoisotopic (exact) mass is 418 g/mol. The maximum atomic E-state index is 13.4. The van der Waals surface area contributed by atoms with Gasteiger partial charge in [0.2, 0.25) is 0 Å². The van der Waals surface area contributed by atoms with Gasteiger partial charge in [-0.05, 0) is 11.1 Å². The van der Waals surface area contributed by atoms with Crippen LogP contribution in [0, 0.1) is 5.92 Å². The second-order valence-electron chi connectivity index (χ2n) is 6.69. The summed E-state index contributed by atoms with van der Waals surface area (Å²) in [4.78, 5) is 23.8. The number of hydrogen-bond donors (Lipinski definition) is 0. The van der Waals surface area contributed by atoms with Crippen LogP contribution in [0.15, 0.2) is 60.7 Å². The maximum Gasteiger partial charge on any atom is 0.347 e. The van der Waals surface area contributed by atoms with Crippen LogP contribution in [-0.4, -0.2) is 31.3 Å². The summed E-state index contributed by atoms with van der Waals surface area (Å²) in [5.41, 5.74) is 1.66. The zero-order valence-electron chi connectivity index (χ0n) is 16.1. The zero-order valence-corrected chi connectivity index (χ0v) is 17.0. The Morgan fingerprint density at radius 3 is 2.00 bits per heavy atom. The summed E-state index contributed by atoms with van der Waals surface area (Å²) in [7, 11) is -2.43. The van der Waals surface area contributed by atoms with E-state index in [4.69, 9.17) is 13.8 Å². The first-order chi connectivity index (χ1) is 14.0. The van der Waals surface area contributed by atoms with Crippen LogP contribution in [0.5, 0.6) is 0 Å². The molecule has 1 heterocycles. The van der Waals surface area contributed by atoms with E-state index < -0.39 is 31.6 Å². The number of ether oxygens (including phenoxy) is 2. The summed E-state index contributed by atoms with van der Waals surface area (Å²) in [6.07, 6.45) is -1.08. The number of esters is 2. The number of benzene rings is 2. The van der Waals surface area contributed by atoms with E-state index in [0.717, 1.165) is 11.1 Å². The van der Waals surface area contributed by atoms with Gasteiger partial charge >= 0.3 is 19.5 Å². The van der Waals surface area contributed by atoms with Gasteiger partial charge in [-0.1, -0.05) is 60.7 Å². The third-order valence-corrected chi connectivity index (χ3v) is 6.47. The topological polar surface area (TPSA) is 88.1 Å². The SMILES string of the molecule is COC(=O)[C@@H]1C[C@H](CP(=O)(OCc2ccccc2)OCc2ccccc2)C(=O)O1. The minimum atomic E-state index is -3.65. The minimum absolute atomic E-state index is 0.0785. The Labute approximate surface area is 169 Å². The van der Waals surface area contributed by atoms with Gasteiger partial charge in [-0.25, -0.2) is 4.79 Å². The standard InChI is InChI=1S/C21H23O7P/c1-25-21(23)19-12-18(20(22)28-19)15-29(24,26-13-16-8-4-2-5-9-16)27-14-17-10-6-3-7-11-17/h2-11,18-19H,12-15H2,1H3/t18-,19+/m1/s1. The first-order valence-electron chi connectivity index (χ1n) is 9.23. The first-order valence-corrected chi connectivity index (χ1v) is 11.0. The van der Waals surface area contributed by atoms with E-state index in [9.17, 15) is 14.2 Å². The molecule has 0 N–H and O–H groups in total. The molecule has 1 aliphatic rings. The molecule has 0 spiro atoms. The van der Waals surface area contributed by atoms with Crippen molar-refractivity contribution in [1.29, 1.82) is 0 Å². The molecule has 1 aliphatic heterocycles. The molecular weight excluding hydrogens is 395 g/mol. The largest absolute Gasteiger partial charge is 0.466 e. The first kappa shape index (κ1) is 21.2. The third-order valence-electron chi connectivity index (χ3n) is 4.54. The molecule has 7 nitrogen and oxygen atoms in total. The Kier molecular flexibility index (Phi) is 7.20. The van der Waals surface area contributed by atoms with Gasteiger partial charge in [0.05, 0.1) is 32.4 Å². The van der Waals surface area contributed by atoms with E-state index in [2.05, 4.69) is 4.74 Å². The molecule has 0 aromatic heterocycles. The molecule has 1 fully saturated rings. The second-order valence-corrected chi connectivity index (χ2v) is 8.80. The molecule has 0 aliphatic carbocycles. The lowest BCUT2D eigenvalue weighted by Crippen LogP contribution is -2.21.